The molecule has 4 heteroatoms. The summed E-state index contributed by atoms with van der Waals surface area (Å²) in [6.07, 6.45) is 0.216. The quantitative estimate of drug-likeness (QED) is 0.712. The molecule has 2 aromatic rings. The molecule has 0 saturated heterocycles. The van der Waals surface area contributed by atoms with Crippen LogP contribution in [0, 0.1) is 6.92 Å². The summed E-state index contributed by atoms with van der Waals surface area (Å²) in [5.74, 6) is 0. The maximum absolute atomic E-state index is 12.7. The van der Waals surface area contributed by atoms with Gasteiger partial charge in [-0.3, -0.25) is 4.98 Å². The van der Waals surface area contributed by atoms with Crippen LogP contribution in [-0.4, -0.2) is 4.98 Å². The van der Waals surface area contributed by atoms with Gasteiger partial charge in [0.25, 0.3) is 0 Å². The number of aromatic nitrogens is 1. The number of hydrogen-bond donors (Lipinski definition) is 0. The Morgan fingerprint density at radius 1 is 1.09 bits per heavy atom. The third-order valence-corrected chi connectivity index (χ3v) is 4.72. The molecule has 22 heavy (non-hydrogen) atoms. The van der Waals surface area contributed by atoms with Crippen LogP contribution in [0.25, 0.3) is 11.3 Å². The highest BCUT2D eigenvalue weighted by atomic mass is 19.4. The minimum absolute atomic E-state index is 0.265. The highest BCUT2D eigenvalue weighted by molar-refractivity contribution is 5.63. The second-order valence-electron chi connectivity index (χ2n) is 6.38. The first kappa shape index (κ1) is 15.1. The van der Waals surface area contributed by atoms with E-state index in [0.717, 1.165) is 17.8 Å². The van der Waals surface area contributed by atoms with Gasteiger partial charge in [-0.25, -0.2) is 0 Å². The predicted octanol–water partition coefficient (Wildman–Crippen LogP) is 5.52. The molecule has 116 valence electrons. The molecule has 1 aromatic heterocycles. The van der Waals surface area contributed by atoms with Crippen LogP contribution in [0.2, 0.25) is 0 Å². The minimum atomic E-state index is -4.35. The molecule has 0 aliphatic heterocycles. The van der Waals surface area contributed by atoms with Crippen LogP contribution in [-0.2, 0) is 11.6 Å². The van der Waals surface area contributed by atoms with E-state index in [1.54, 1.807) is 6.92 Å². The van der Waals surface area contributed by atoms with Crippen molar-refractivity contribution in [2.75, 3.05) is 0 Å². The normalized spacial score (nSPS) is 17.1. The van der Waals surface area contributed by atoms with Crippen molar-refractivity contribution in [1.29, 1.82) is 0 Å². The number of benzene rings is 1. The molecule has 1 fully saturated rings. The fourth-order valence-electron chi connectivity index (χ4n) is 3.06. The van der Waals surface area contributed by atoms with Crippen molar-refractivity contribution in [3.63, 3.8) is 0 Å². The number of halogens is 3. The molecule has 0 bridgehead atoms. The van der Waals surface area contributed by atoms with Gasteiger partial charge in [-0.1, -0.05) is 37.6 Å². The summed E-state index contributed by atoms with van der Waals surface area (Å²) in [5.41, 5.74) is 2.87. The molecule has 1 aromatic carbocycles. The molecule has 1 aliphatic carbocycles. The lowest BCUT2D eigenvalue weighted by Gasteiger charge is -2.39. The highest BCUT2D eigenvalue weighted by Gasteiger charge is 2.33. The Kier molecular flexibility index (Phi) is 3.50. The first-order valence-electron chi connectivity index (χ1n) is 7.44. The predicted molar refractivity (Wildman–Crippen MR) is 80.6 cm³/mol. The van der Waals surface area contributed by atoms with E-state index >= 15 is 0 Å². The summed E-state index contributed by atoms with van der Waals surface area (Å²) in [7, 11) is 0. The second-order valence-corrected chi connectivity index (χ2v) is 6.38. The van der Waals surface area contributed by atoms with E-state index in [1.165, 1.54) is 24.8 Å². The Morgan fingerprint density at radius 2 is 1.73 bits per heavy atom. The molecule has 1 saturated carbocycles. The van der Waals surface area contributed by atoms with Gasteiger partial charge in [-0.2, -0.15) is 13.2 Å². The summed E-state index contributed by atoms with van der Waals surface area (Å²) in [5, 5.41) is 0. The maximum Gasteiger partial charge on any atom is 0.417 e. The van der Waals surface area contributed by atoms with Crippen molar-refractivity contribution in [3.05, 3.63) is 53.2 Å². The smallest absolute Gasteiger partial charge is 0.255 e. The fourth-order valence-corrected chi connectivity index (χ4v) is 3.06. The van der Waals surface area contributed by atoms with Gasteiger partial charge in [0.1, 0.15) is 0 Å². The topological polar surface area (TPSA) is 12.9 Å². The molecule has 0 N–H and O–H groups in total. The van der Waals surface area contributed by atoms with E-state index in [2.05, 4.69) is 24.0 Å². The summed E-state index contributed by atoms with van der Waals surface area (Å²) in [6, 6.07) is 9.23. The van der Waals surface area contributed by atoms with Gasteiger partial charge in [0.15, 0.2) is 0 Å². The molecule has 0 unspecified atom stereocenters. The molecule has 0 radical (unpaired) electrons. The monoisotopic (exact) mass is 305 g/mol. The Balaban J connectivity index is 1.91. The molecular formula is C18H18F3N. The molecule has 1 nitrogen and oxygen atoms in total. The lowest BCUT2D eigenvalue weighted by atomic mass is 9.66. The van der Waals surface area contributed by atoms with Gasteiger partial charge in [0.05, 0.1) is 11.3 Å². The lowest BCUT2D eigenvalue weighted by molar-refractivity contribution is -0.137. The molecule has 0 spiro atoms. The van der Waals surface area contributed by atoms with E-state index in [-0.39, 0.29) is 5.41 Å². The third kappa shape index (κ3) is 2.62. The van der Waals surface area contributed by atoms with Crippen molar-refractivity contribution < 1.29 is 13.2 Å². The van der Waals surface area contributed by atoms with E-state index in [4.69, 9.17) is 0 Å². The van der Waals surface area contributed by atoms with Gasteiger partial charge in [0, 0.05) is 11.8 Å². The number of aryl methyl sites for hydroxylation is 1. The largest absolute Gasteiger partial charge is 0.417 e. The van der Waals surface area contributed by atoms with Crippen molar-refractivity contribution in [3.8, 4) is 11.3 Å². The van der Waals surface area contributed by atoms with Crippen molar-refractivity contribution in [2.24, 2.45) is 0 Å². The Labute approximate surface area is 128 Å². The Bertz CT molecular complexity index is 682. The van der Waals surface area contributed by atoms with Crippen LogP contribution in [0.5, 0.6) is 0 Å². The molecule has 1 aliphatic rings. The fraction of sp³-hybridized carbons (Fsp3) is 0.389. The average Bonchev–Trinajstić information content (AvgIpc) is 2.44. The summed E-state index contributed by atoms with van der Waals surface area (Å²) < 4.78 is 38.1. The van der Waals surface area contributed by atoms with Crippen molar-refractivity contribution in [1.82, 2.24) is 4.98 Å². The summed E-state index contributed by atoms with van der Waals surface area (Å²) >= 11 is 0. The molecule has 0 amide bonds. The maximum atomic E-state index is 12.7. The van der Waals surface area contributed by atoms with Gasteiger partial charge in [0.2, 0.25) is 0 Å². The number of nitrogens with zero attached hydrogens (tertiary/aromatic N) is 1. The van der Waals surface area contributed by atoms with Crippen LogP contribution < -0.4 is 0 Å². The summed E-state index contributed by atoms with van der Waals surface area (Å²) in [6.45, 7) is 3.92. The average molecular weight is 305 g/mol. The first-order chi connectivity index (χ1) is 10.3. The van der Waals surface area contributed by atoms with Gasteiger partial charge >= 0.3 is 6.18 Å². The lowest BCUT2D eigenvalue weighted by Crippen LogP contribution is -2.30. The van der Waals surface area contributed by atoms with Crippen molar-refractivity contribution in [2.45, 2.75) is 44.7 Å². The van der Waals surface area contributed by atoms with E-state index in [1.807, 2.05) is 12.1 Å². The van der Waals surface area contributed by atoms with Crippen LogP contribution in [0.4, 0.5) is 13.2 Å². The van der Waals surface area contributed by atoms with Crippen LogP contribution in [0.15, 0.2) is 36.5 Å². The minimum Gasteiger partial charge on any atom is -0.255 e. The molecule has 1 heterocycles. The SMILES string of the molecule is Cc1cc(C(F)(F)F)cnc1-c1ccc(C2(C)CCC2)cc1. The van der Waals surface area contributed by atoms with Crippen LogP contribution in [0.1, 0.15) is 42.9 Å². The Morgan fingerprint density at radius 3 is 2.18 bits per heavy atom. The second kappa shape index (κ2) is 5.11. The van der Waals surface area contributed by atoms with Crippen molar-refractivity contribution >= 4 is 0 Å². The van der Waals surface area contributed by atoms with E-state index in [0.29, 0.717) is 11.3 Å². The molecular weight excluding hydrogens is 287 g/mol. The van der Waals surface area contributed by atoms with Crippen LogP contribution >= 0.6 is 0 Å². The molecule has 0 atom stereocenters. The van der Waals surface area contributed by atoms with Crippen LogP contribution in [0.3, 0.4) is 0 Å². The third-order valence-electron chi connectivity index (χ3n) is 4.72. The molecule has 3 rings (SSSR count). The Hall–Kier alpha value is -1.84. The number of hydrogen-bond acceptors (Lipinski definition) is 1. The van der Waals surface area contributed by atoms with E-state index in [9.17, 15) is 13.2 Å². The zero-order chi connectivity index (χ0) is 16.0. The van der Waals surface area contributed by atoms with Gasteiger partial charge in [-0.05, 0) is 42.4 Å². The summed E-state index contributed by atoms with van der Waals surface area (Å²) in [4.78, 5) is 4.02. The number of alkyl halides is 3. The van der Waals surface area contributed by atoms with Gasteiger partial charge < -0.3 is 0 Å². The zero-order valence-corrected chi connectivity index (χ0v) is 12.7. The highest BCUT2D eigenvalue weighted by Crippen LogP contribution is 2.43. The zero-order valence-electron chi connectivity index (χ0n) is 12.7. The number of pyridine rings is 1. The number of rotatable bonds is 2. The van der Waals surface area contributed by atoms with E-state index < -0.39 is 11.7 Å². The van der Waals surface area contributed by atoms with Gasteiger partial charge in [-0.15, -0.1) is 0 Å². The first-order valence-corrected chi connectivity index (χ1v) is 7.44. The standard InChI is InChI=1S/C18H18F3N/c1-12-10-15(18(19,20)21)11-22-16(12)13-4-6-14(7-5-13)17(2)8-3-9-17/h4-7,10-11H,3,8-9H2,1-2H3.